The monoisotopic (exact) mass is 272 g/mol. The van der Waals surface area contributed by atoms with Gasteiger partial charge in [0, 0.05) is 0 Å². The normalized spacial score (nSPS) is 17.7. The molecule has 0 rings (SSSR count). The lowest BCUT2D eigenvalue weighted by Gasteiger charge is -2.24. The van der Waals surface area contributed by atoms with Crippen LogP contribution in [0.1, 0.15) is 19.8 Å². The van der Waals surface area contributed by atoms with Crippen LogP contribution in [0, 0.1) is 0 Å². The molecular weight excluding hydrogens is 248 g/mol. The van der Waals surface area contributed by atoms with Gasteiger partial charge in [0.05, 0.1) is 13.2 Å². The lowest BCUT2D eigenvalue weighted by atomic mass is 10.0. The third-order valence-corrected chi connectivity index (χ3v) is 2.06. The molecule has 4 unspecified atom stereocenters. The van der Waals surface area contributed by atoms with Crippen LogP contribution in [0.3, 0.4) is 0 Å². The van der Waals surface area contributed by atoms with Crippen LogP contribution >= 0.6 is 0 Å². The highest BCUT2D eigenvalue weighted by Crippen LogP contribution is 2.04. The standard InChI is InChI=1S/C6H14O6.C4H10O2/c7-1-3(9)5(11)6(12)4(10)2-8;1-2-3-4(5)6/h3-12H,1-2H2;4-6H,2-3H2,1H3. The fourth-order valence-electron chi connectivity index (χ4n) is 0.929. The van der Waals surface area contributed by atoms with Crippen molar-refractivity contribution < 1.29 is 40.9 Å². The molecule has 112 valence electrons. The van der Waals surface area contributed by atoms with E-state index in [9.17, 15) is 0 Å². The molecule has 0 spiro atoms. The first-order valence-corrected chi connectivity index (χ1v) is 5.61. The molecule has 8 nitrogen and oxygen atoms in total. The largest absolute Gasteiger partial charge is 0.394 e. The van der Waals surface area contributed by atoms with Crippen molar-refractivity contribution in [3.8, 4) is 0 Å². The summed E-state index contributed by atoms with van der Waals surface area (Å²) in [6.07, 6.45) is -6.18. The minimum absolute atomic E-state index is 0.486. The number of aliphatic hydroxyl groups is 8. The van der Waals surface area contributed by atoms with E-state index in [4.69, 9.17) is 40.9 Å². The molecule has 4 atom stereocenters. The van der Waals surface area contributed by atoms with Crippen LogP contribution in [0.15, 0.2) is 0 Å². The molecule has 8 N–H and O–H groups in total. The summed E-state index contributed by atoms with van der Waals surface area (Å²) in [6.45, 7) is 0.451. The van der Waals surface area contributed by atoms with Crippen LogP contribution < -0.4 is 0 Å². The average Bonchev–Trinajstić information content (AvgIpc) is 2.35. The topological polar surface area (TPSA) is 162 Å². The summed E-state index contributed by atoms with van der Waals surface area (Å²) in [4.78, 5) is 0. The van der Waals surface area contributed by atoms with Gasteiger partial charge in [-0.3, -0.25) is 0 Å². The van der Waals surface area contributed by atoms with Crippen LogP contribution in [-0.4, -0.2) is 84.8 Å². The van der Waals surface area contributed by atoms with Gasteiger partial charge in [0.1, 0.15) is 24.4 Å². The average molecular weight is 272 g/mol. The molecule has 0 aliphatic carbocycles. The van der Waals surface area contributed by atoms with Crippen LogP contribution in [-0.2, 0) is 0 Å². The molecule has 0 fully saturated rings. The first-order chi connectivity index (χ1) is 8.31. The van der Waals surface area contributed by atoms with Gasteiger partial charge in [-0.1, -0.05) is 13.3 Å². The Morgan fingerprint density at radius 1 is 0.722 bits per heavy atom. The van der Waals surface area contributed by atoms with Gasteiger partial charge in [0.25, 0.3) is 0 Å². The Balaban J connectivity index is 0. The van der Waals surface area contributed by atoms with Gasteiger partial charge < -0.3 is 40.9 Å². The minimum Gasteiger partial charge on any atom is -0.394 e. The molecule has 0 heterocycles. The van der Waals surface area contributed by atoms with E-state index in [0.29, 0.717) is 6.42 Å². The molecule has 0 amide bonds. The quantitative estimate of drug-likeness (QED) is 0.221. The molecule has 0 aromatic carbocycles. The van der Waals surface area contributed by atoms with Crippen LogP contribution in [0.5, 0.6) is 0 Å². The third kappa shape index (κ3) is 9.68. The van der Waals surface area contributed by atoms with Crippen molar-refractivity contribution in [1.82, 2.24) is 0 Å². The maximum absolute atomic E-state index is 8.96. The molecule has 8 heteroatoms. The van der Waals surface area contributed by atoms with Crippen LogP contribution in [0.25, 0.3) is 0 Å². The van der Waals surface area contributed by atoms with E-state index >= 15 is 0 Å². The van der Waals surface area contributed by atoms with E-state index in [1.807, 2.05) is 6.92 Å². The van der Waals surface area contributed by atoms with Gasteiger partial charge in [-0.15, -0.1) is 0 Å². The predicted molar refractivity (Wildman–Crippen MR) is 61.3 cm³/mol. The van der Waals surface area contributed by atoms with Gasteiger partial charge in [0.15, 0.2) is 6.29 Å². The molecular formula is C10H24O8. The molecule has 0 aliphatic heterocycles. The zero-order chi connectivity index (χ0) is 14.7. The SMILES string of the molecule is CCCC(O)O.OCC(O)C(O)C(O)C(O)CO. The Morgan fingerprint density at radius 2 is 1.06 bits per heavy atom. The summed E-state index contributed by atoms with van der Waals surface area (Å²) in [5.41, 5.74) is 0. The molecule has 0 radical (unpaired) electrons. The van der Waals surface area contributed by atoms with E-state index in [-0.39, 0.29) is 0 Å². The van der Waals surface area contributed by atoms with E-state index in [2.05, 4.69) is 0 Å². The van der Waals surface area contributed by atoms with Gasteiger partial charge in [-0.05, 0) is 6.42 Å². The zero-order valence-electron chi connectivity index (χ0n) is 10.3. The molecule has 0 saturated carbocycles. The number of hydrogen-bond donors (Lipinski definition) is 8. The Kier molecular flexibility index (Phi) is 13.1. The maximum Gasteiger partial charge on any atom is 0.151 e. The summed E-state index contributed by atoms with van der Waals surface area (Å²) < 4.78 is 0. The van der Waals surface area contributed by atoms with E-state index in [1.54, 1.807) is 0 Å². The van der Waals surface area contributed by atoms with E-state index < -0.39 is 43.9 Å². The van der Waals surface area contributed by atoms with Crippen molar-refractivity contribution in [3.05, 3.63) is 0 Å². The Morgan fingerprint density at radius 3 is 1.17 bits per heavy atom. The third-order valence-electron chi connectivity index (χ3n) is 2.06. The minimum atomic E-state index is -1.67. The highest BCUT2D eigenvalue weighted by Gasteiger charge is 2.29. The lowest BCUT2D eigenvalue weighted by molar-refractivity contribution is -0.123. The van der Waals surface area contributed by atoms with Crippen LogP contribution in [0.2, 0.25) is 0 Å². The Labute approximate surface area is 105 Å². The molecule has 0 saturated heterocycles. The first kappa shape index (κ1) is 20.0. The second kappa shape index (κ2) is 11.8. The van der Waals surface area contributed by atoms with E-state index in [0.717, 1.165) is 6.42 Å². The van der Waals surface area contributed by atoms with Gasteiger partial charge in [-0.25, -0.2) is 0 Å². The fourth-order valence-corrected chi connectivity index (χ4v) is 0.929. The van der Waals surface area contributed by atoms with Crippen molar-refractivity contribution in [2.24, 2.45) is 0 Å². The molecule has 18 heavy (non-hydrogen) atoms. The van der Waals surface area contributed by atoms with Crippen molar-refractivity contribution in [3.63, 3.8) is 0 Å². The second-order valence-corrected chi connectivity index (χ2v) is 3.75. The summed E-state index contributed by atoms with van der Waals surface area (Å²) in [6, 6.07) is 0. The lowest BCUT2D eigenvalue weighted by Crippen LogP contribution is -2.46. The van der Waals surface area contributed by atoms with Crippen molar-refractivity contribution in [1.29, 1.82) is 0 Å². The Hall–Kier alpha value is -0.320. The molecule has 0 bridgehead atoms. The van der Waals surface area contributed by atoms with Gasteiger partial charge >= 0.3 is 0 Å². The van der Waals surface area contributed by atoms with Crippen LogP contribution in [0.4, 0.5) is 0 Å². The molecule has 0 aromatic rings. The zero-order valence-corrected chi connectivity index (χ0v) is 10.3. The molecule has 0 aliphatic rings. The van der Waals surface area contributed by atoms with Gasteiger partial charge in [-0.2, -0.15) is 0 Å². The first-order valence-electron chi connectivity index (χ1n) is 5.61. The molecule has 0 aromatic heterocycles. The van der Waals surface area contributed by atoms with Crippen molar-refractivity contribution in [2.75, 3.05) is 13.2 Å². The summed E-state index contributed by atoms with van der Waals surface area (Å²) in [5.74, 6) is 0. The number of hydrogen-bond acceptors (Lipinski definition) is 8. The van der Waals surface area contributed by atoms with Gasteiger partial charge in [0.2, 0.25) is 0 Å². The summed E-state index contributed by atoms with van der Waals surface area (Å²) in [7, 11) is 0. The maximum atomic E-state index is 8.96. The summed E-state index contributed by atoms with van der Waals surface area (Å²) >= 11 is 0. The highest BCUT2D eigenvalue weighted by atomic mass is 16.5. The second-order valence-electron chi connectivity index (χ2n) is 3.75. The van der Waals surface area contributed by atoms with Crippen molar-refractivity contribution in [2.45, 2.75) is 50.5 Å². The number of aliphatic hydroxyl groups excluding tert-OH is 7. The predicted octanol–water partition coefficient (Wildman–Crippen LogP) is -3.49. The highest BCUT2D eigenvalue weighted by molar-refractivity contribution is 4.79. The van der Waals surface area contributed by atoms with Crippen molar-refractivity contribution >= 4 is 0 Å². The smallest absolute Gasteiger partial charge is 0.151 e. The fraction of sp³-hybridized carbons (Fsp3) is 1.00. The summed E-state index contributed by atoms with van der Waals surface area (Å²) in [5, 5.41) is 68.4. The van der Waals surface area contributed by atoms with E-state index in [1.165, 1.54) is 0 Å². The number of rotatable bonds is 7. The Bertz CT molecular complexity index is 163.